The average molecular weight is 379 g/mol. The molecule has 3 unspecified atom stereocenters. The lowest BCUT2D eigenvalue weighted by molar-refractivity contribution is -0.139. The summed E-state index contributed by atoms with van der Waals surface area (Å²) in [5, 5.41) is 4.45. The number of piperidine rings is 1. The number of aryl methyl sites for hydroxylation is 2. The highest BCUT2D eigenvalue weighted by Crippen LogP contribution is 2.24. The van der Waals surface area contributed by atoms with Gasteiger partial charge >= 0.3 is 0 Å². The van der Waals surface area contributed by atoms with Gasteiger partial charge in [0, 0.05) is 37.3 Å². The van der Waals surface area contributed by atoms with E-state index in [0.717, 1.165) is 37.2 Å². The summed E-state index contributed by atoms with van der Waals surface area (Å²) in [5.74, 6) is 0.214. The minimum atomic E-state index is -0.0269. The maximum absolute atomic E-state index is 12.9. The molecule has 140 valence electrons. The van der Waals surface area contributed by atoms with Crippen molar-refractivity contribution in [1.29, 1.82) is 0 Å². The first-order valence-corrected chi connectivity index (χ1v) is 8.38. The molecule has 0 saturated carbocycles. The van der Waals surface area contributed by atoms with Crippen LogP contribution in [0.4, 0.5) is 0 Å². The number of hydrogen-bond acceptors (Lipinski definition) is 3. The number of rotatable bonds is 4. The summed E-state index contributed by atoms with van der Waals surface area (Å²) in [7, 11) is 1.95. The Morgan fingerprint density at radius 2 is 1.92 bits per heavy atom. The minimum absolute atomic E-state index is 0. The largest absolute Gasteiger partial charge is 0.338 e. The molecular weight excluding hydrogens is 347 g/mol. The van der Waals surface area contributed by atoms with Gasteiger partial charge in [0.2, 0.25) is 5.91 Å². The summed E-state index contributed by atoms with van der Waals surface area (Å²) in [5.41, 5.74) is 9.48. The summed E-state index contributed by atoms with van der Waals surface area (Å²) >= 11 is 0. The lowest BCUT2D eigenvalue weighted by Crippen LogP contribution is -2.53. The average Bonchev–Trinajstić information content (AvgIpc) is 2.72. The standard InChI is InChI=1S/C17H30N4O.2ClH/c1-11(10-15-13(3)19-20(5)14(15)4)17(22)21-9-7-6-8-16(21)12(2)18;;/h11-12,16H,6-10,18H2,1-5H3;2*1H. The third kappa shape index (κ3) is 4.87. The van der Waals surface area contributed by atoms with Crippen LogP contribution in [0.25, 0.3) is 0 Å². The Morgan fingerprint density at radius 1 is 1.29 bits per heavy atom. The Bertz CT molecular complexity index is 545. The first-order valence-electron chi connectivity index (χ1n) is 8.38. The minimum Gasteiger partial charge on any atom is -0.338 e. The molecule has 0 spiro atoms. The molecular formula is C17H32Cl2N4O. The number of nitrogens with two attached hydrogens (primary N) is 1. The van der Waals surface area contributed by atoms with Crippen LogP contribution in [0.5, 0.6) is 0 Å². The van der Waals surface area contributed by atoms with Gasteiger partial charge in [-0.1, -0.05) is 6.92 Å². The number of amides is 1. The summed E-state index contributed by atoms with van der Waals surface area (Å²) < 4.78 is 1.90. The molecule has 7 heteroatoms. The third-order valence-corrected chi connectivity index (χ3v) is 5.03. The smallest absolute Gasteiger partial charge is 0.226 e. The normalized spacial score (nSPS) is 19.9. The maximum Gasteiger partial charge on any atom is 0.226 e. The molecule has 1 saturated heterocycles. The van der Waals surface area contributed by atoms with Crippen molar-refractivity contribution >= 4 is 30.7 Å². The fraction of sp³-hybridized carbons (Fsp3) is 0.765. The van der Waals surface area contributed by atoms with E-state index in [-0.39, 0.29) is 48.7 Å². The molecule has 0 aliphatic carbocycles. The number of carbonyl (C=O) groups is 1. The zero-order valence-electron chi connectivity index (χ0n) is 15.4. The Morgan fingerprint density at radius 3 is 2.42 bits per heavy atom. The van der Waals surface area contributed by atoms with Gasteiger partial charge in [-0.25, -0.2) is 0 Å². The Hall–Kier alpha value is -0.780. The van der Waals surface area contributed by atoms with Crippen LogP contribution < -0.4 is 5.73 Å². The van der Waals surface area contributed by atoms with E-state index in [1.165, 1.54) is 12.0 Å². The molecule has 2 rings (SSSR count). The second kappa shape index (κ2) is 9.64. The highest BCUT2D eigenvalue weighted by molar-refractivity contribution is 5.85. The van der Waals surface area contributed by atoms with Crippen molar-refractivity contribution in [1.82, 2.24) is 14.7 Å². The Labute approximate surface area is 158 Å². The van der Waals surface area contributed by atoms with Gasteiger partial charge in [-0.15, -0.1) is 24.8 Å². The van der Waals surface area contributed by atoms with Crippen LogP contribution in [0.15, 0.2) is 0 Å². The molecule has 2 heterocycles. The molecule has 0 aromatic carbocycles. The van der Waals surface area contributed by atoms with Gasteiger partial charge in [0.1, 0.15) is 0 Å². The molecule has 1 fully saturated rings. The third-order valence-electron chi connectivity index (χ3n) is 5.03. The topological polar surface area (TPSA) is 64.2 Å². The number of halogens is 2. The monoisotopic (exact) mass is 378 g/mol. The second-order valence-corrected chi connectivity index (χ2v) is 6.83. The molecule has 5 nitrogen and oxygen atoms in total. The summed E-state index contributed by atoms with van der Waals surface area (Å²) in [6.45, 7) is 8.97. The van der Waals surface area contributed by atoms with Crippen molar-refractivity contribution in [2.45, 2.75) is 65.5 Å². The van der Waals surface area contributed by atoms with Crippen molar-refractivity contribution in [3.8, 4) is 0 Å². The maximum atomic E-state index is 12.9. The van der Waals surface area contributed by atoms with E-state index in [4.69, 9.17) is 5.73 Å². The zero-order chi connectivity index (χ0) is 16.4. The van der Waals surface area contributed by atoms with E-state index in [2.05, 4.69) is 12.0 Å². The van der Waals surface area contributed by atoms with E-state index in [0.29, 0.717) is 0 Å². The number of hydrogen-bond donors (Lipinski definition) is 1. The molecule has 24 heavy (non-hydrogen) atoms. The quantitative estimate of drug-likeness (QED) is 0.875. The molecule has 0 bridgehead atoms. The zero-order valence-corrected chi connectivity index (χ0v) is 17.0. The molecule has 3 atom stereocenters. The fourth-order valence-electron chi connectivity index (χ4n) is 3.57. The molecule has 1 aliphatic rings. The van der Waals surface area contributed by atoms with Crippen molar-refractivity contribution in [3.63, 3.8) is 0 Å². The van der Waals surface area contributed by atoms with Crippen LogP contribution >= 0.6 is 24.8 Å². The molecule has 1 aliphatic heterocycles. The summed E-state index contributed by atoms with van der Waals surface area (Å²) in [6.07, 6.45) is 4.05. The van der Waals surface area contributed by atoms with Gasteiger partial charge < -0.3 is 10.6 Å². The first-order chi connectivity index (χ1) is 10.3. The van der Waals surface area contributed by atoms with E-state index >= 15 is 0 Å². The Balaban J connectivity index is 0.00000264. The molecule has 1 amide bonds. The molecule has 0 radical (unpaired) electrons. The van der Waals surface area contributed by atoms with Gasteiger partial charge in [0.25, 0.3) is 0 Å². The SMILES string of the molecule is Cc1nn(C)c(C)c1CC(C)C(=O)N1CCCCC1C(C)N.Cl.Cl. The lowest BCUT2D eigenvalue weighted by Gasteiger charge is -2.39. The first kappa shape index (κ1) is 23.2. The fourth-order valence-corrected chi connectivity index (χ4v) is 3.57. The van der Waals surface area contributed by atoms with Crippen LogP contribution in [0.2, 0.25) is 0 Å². The summed E-state index contributed by atoms with van der Waals surface area (Å²) in [4.78, 5) is 14.9. The number of nitrogens with zero attached hydrogens (tertiary/aromatic N) is 3. The second-order valence-electron chi connectivity index (χ2n) is 6.83. The molecule has 1 aromatic heterocycles. The molecule has 1 aromatic rings. The van der Waals surface area contributed by atoms with Crippen LogP contribution in [-0.4, -0.2) is 39.2 Å². The highest BCUT2D eigenvalue weighted by atomic mass is 35.5. The van der Waals surface area contributed by atoms with E-state index in [1.54, 1.807) is 0 Å². The Kier molecular flexibility index (Phi) is 9.32. The predicted octanol–water partition coefficient (Wildman–Crippen LogP) is 2.79. The van der Waals surface area contributed by atoms with Crippen LogP contribution in [0.1, 0.15) is 50.1 Å². The van der Waals surface area contributed by atoms with Gasteiger partial charge in [-0.2, -0.15) is 5.10 Å². The molecule has 2 N–H and O–H groups in total. The van der Waals surface area contributed by atoms with Crippen molar-refractivity contribution in [3.05, 3.63) is 17.0 Å². The van der Waals surface area contributed by atoms with Gasteiger partial charge in [-0.05, 0) is 52.0 Å². The summed E-state index contributed by atoms with van der Waals surface area (Å²) in [6, 6.07) is 0.234. The van der Waals surface area contributed by atoms with Gasteiger partial charge in [0.15, 0.2) is 0 Å². The number of aromatic nitrogens is 2. The van der Waals surface area contributed by atoms with Crippen LogP contribution in [0.3, 0.4) is 0 Å². The number of likely N-dealkylation sites (tertiary alicyclic amines) is 1. The van der Waals surface area contributed by atoms with Gasteiger partial charge in [-0.3, -0.25) is 9.48 Å². The lowest BCUT2D eigenvalue weighted by atomic mass is 9.93. The van der Waals surface area contributed by atoms with Crippen molar-refractivity contribution < 1.29 is 4.79 Å². The van der Waals surface area contributed by atoms with Crippen LogP contribution in [-0.2, 0) is 18.3 Å². The van der Waals surface area contributed by atoms with Crippen molar-refractivity contribution in [2.75, 3.05) is 6.54 Å². The van der Waals surface area contributed by atoms with E-state index in [1.807, 2.05) is 37.4 Å². The van der Waals surface area contributed by atoms with Crippen LogP contribution in [0, 0.1) is 19.8 Å². The van der Waals surface area contributed by atoms with Gasteiger partial charge in [0.05, 0.1) is 5.69 Å². The highest BCUT2D eigenvalue weighted by Gasteiger charge is 2.32. The van der Waals surface area contributed by atoms with Crippen molar-refractivity contribution in [2.24, 2.45) is 18.7 Å². The predicted molar refractivity (Wildman–Crippen MR) is 103 cm³/mol. The van der Waals surface area contributed by atoms with E-state index < -0.39 is 0 Å². The number of carbonyl (C=O) groups excluding carboxylic acids is 1. The van der Waals surface area contributed by atoms with E-state index in [9.17, 15) is 4.79 Å².